The first-order chi connectivity index (χ1) is 12.3. The minimum Gasteiger partial charge on any atom is -0.457 e. The topological polar surface area (TPSA) is 69.4 Å². The highest BCUT2D eigenvalue weighted by Gasteiger charge is 2.14. The van der Waals surface area contributed by atoms with E-state index in [4.69, 9.17) is 20.8 Å². The molecule has 5 nitrogen and oxygen atoms in total. The molecule has 0 aliphatic carbocycles. The third-order valence-electron chi connectivity index (χ3n) is 4.16. The van der Waals surface area contributed by atoms with Crippen molar-refractivity contribution in [1.82, 2.24) is 4.98 Å². The molecule has 2 heterocycles. The van der Waals surface area contributed by atoms with Crippen LogP contribution >= 0.6 is 11.6 Å². The van der Waals surface area contributed by atoms with Crippen LogP contribution < -0.4 is 5.63 Å². The van der Waals surface area contributed by atoms with E-state index in [2.05, 4.69) is 18.8 Å². The third kappa shape index (κ3) is 3.78. The maximum absolute atomic E-state index is 12.2. The lowest BCUT2D eigenvalue weighted by Crippen LogP contribution is -2.08. The van der Waals surface area contributed by atoms with E-state index in [1.165, 1.54) is 24.4 Å². The molecule has 3 rings (SSSR count). The summed E-state index contributed by atoms with van der Waals surface area (Å²) in [6.45, 7) is 6.14. The van der Waals surface area contributed by atoms with Crippen molar-refractivity contribution in [1.29, 1.82) is 0 Å². The molecule has 6 heteroatoms. The van der Waals surface area contributed by atoms with Gasteiger partial charge >= 0.3 is 11.6 Å². The van der Waals surface area contributed by atoms with Gasteiger partial charge in [-0.15, -0.1) is 0 Å². The van der Waals surface area contributed by atoms with E-state index in [0.29, 0.717) is 27.8 Å². The Kier molecular flexibility index (Phi) is 5.09. The molecule has 0 saturated carbocycles. The number of carbonyl (C=O) groups excluding carboxylic acids is 1. The maximum atomic E-state index is 12.2. The van der Waals surface area contributed by atoms with E-state index >= 15 is 0 Å². The first-order valence-electron chi connectivity index (χ1n) is 8.21. The molecular formula is C20H18ClNO4. The quantitative estimate of drug-likeness (QED) is 0.380. The second-order valence-corrected chi connectivity index (χ2v) is 6.78. The predicted molar refractivity (Wildman–Crippen MR) is 99.7 cm³/mol. The van der Waals surface area contributed by atoms with Gasteiger partial charge in [0.05, 0.1) is 5.56 Å². The Bertz CT molecular complexity index is 1020. The largest absolute Gasteiger partial charge is 0.457 e. The van der Waals surface area contributed by atoms with Crippen molar-refractivity contribution in [2.45, 2.75) is 33.3 Å². The minimum atomic E-state index is -0.535. The molecule has 0 radical (unpaired) electrons. The van der Waals surface area contributed by atoms with Crippen LogP contribution in [0.2, 0.25) is 5.15 Å². The number of pyridine rings is 1. The Balaban J connectivity index is 1.93. The molecule has 0 amide bonds. The van der Waals surface area contributed by atoms with Crippen LogP contribution in [-0.2, 0) is 11.3 Å². The zero-order valence-corrected chi connectivity index (χ0v) is 15.5. The lowest BCUT2D eigenvalue weighted by molar-refractivity contribution is 0.0473. The molecule has 0 unspecified atom stereocenters. The highest BCUT2D eigenvalue weighted by molar-refractivity contribution is 6.29. The molecule has 0 saturated heterocycles. The normalized spacial score (nSPS) is 11.1. The molecule has 3 aromatic rings. The van der Waals surface area contributed by atoms with Crippen LogP contribution in [-0.4, -0.2) is 11.0 Å². The first-order valence-corrected chi connectivity index (χ1v) is 8.59. The van der Waals surface area contributed by atoms with Crippen molar-refractivity contribution in [3.63, 3.8) is 0 Å². The van der Waals surface area contributed by atoms with Gasteiger partial charge < -0.3 is 9.15 Å². The van der Waals surface area contributed by atoms with Gasteiger partial charge in [0, 0.05) is 23.2 Å². The number of halogens is 1. The van der Waals surface area contributed by atoms with Crippen LogP contribution in [0.5, 0.6) is 0 Å². The average molecular weight is 372 g/mol. The molecule has 0 aliphatic heterocycles. The summed E-state index contributed by atoms with van der Waals surface area (Å²) in [5, 5.41) is 1.06. The van der Waals surface area contributed by atoms with Crippen molar-refractivity contribution in [2.75, 3.05) is 0 Å². The molecule has 0 spiro atoms. The second kappa shape index (κ2) is 7.30. The van der Waals surface area contributed by atoms with Crippen LogP contribution in [0.15, 0.2) is 45.7 Å². The van der Waals surface area contributed by atoms with E-state index in [1.807, 2.05) is 19.1 Å². The Hall–Kier alpha value is -2.66. The fourth-order valence-electron chi connectivity index (χ4n) is 2.86. The number of rotatable bonds is 4. The fraction of sp³-hybridized carbons (Fsp3) is 0.250. The summed E-state index contributed by atoms with van der Waals surface area (Å²) >= 11 is 5.72. The monoisotopic (exact) mass is 371 g/mol. The summed E-state index contributed by atoms with van der Waals surface area (Å²) in [5.74, 6) is -0.214. The second-order valence-electron chi connectivity index (χ2n) is 6.40. The number of fused-ring (bicyclic) bond motifs is 1. The number of nitrogens with zero attached hydrogens (tertiary/aromatic N) is 1. The van der Waals surface area contributed by atoms with Gasteiger partial charge in [0.15, 0.2) is 0 Å². The number of hydrogen-bond donors (Lipinski definition) is 0. The highest BCUT2D eigenvalue weighted by atomic mass is 35.5. The number of ether oxygens (including phenoxy) is 1. The summed E-state index contributed by atoms with van der Waals surface area (Å²) in [4.78, 5) is 27.9. The Morgan fingerprint density at radius 2 is 2.04 bits per heavy atom. The van der Waals surface area contributed by atoms with Crippen LogP contribution in [0.25, 0.3) is 11.0 Å². The van der Waals surface area contributed by atoms with Crippen molar-refractivity contribution in [3.8, 4) is 0 Å². The smallest absolute Gasteiger partial charge is 0.340 e. The number of aromatic nitrogens is 1. The van der Waals surface area contributed by atoms with E-state index in [-0.39, 0.29) is 6.61 Å². The van der Waals surface area contributed by atoms with Gasteiger partial charge in [-0.05, 0) is 48.2 Å². The average Bonchev–Trinajstić information content (AvgIpc) is 2.59. The number of esters is 1. The standard InChI is InChI=1S/C20H18ClNO4/c1-11(2)15-8-16-14(7-19(23)26-17(16)6-12(15)3)10-25-20(24)13-4-5-18(21)22-9-13/h4-9,11H,10H2,1-3H3. The van der Waals surface area contributed by atoms with Crippen molar-refractivity contribution in [2.24, 2.45) is 0 Å². The fourth-order valence-corrected chi connectivity index (χ4v) is 2.97. The summed E-state index contributed by atoms with van der Waals surface area (Å²) < 4.78 is 10.6. The molecule has 0 bridgehead atoms. The summed E-state index contributed by atoms with van der Waals surface area (Å²) in [5.41, 5.74) is 3.11. The van der Waals surface area contributed by atoms with Crippen LogP contribution in [0.3, 0.4) is 0 Å². The SMILES string of the molecule is Cc1cc2oc(=O)cc(COC(=O)c3ccc(Cl)nc3)c2cc1C(C)C. The predicted octanol–water partition coefficient (Wildman–Crippen LogP) is 4.63. The van der Waals surface area contributed by atoms with Crippen LogP contribution in [0.1, 0.15) is 46.8 Å². The summed E-state index contributed by atoms with van der Waals surface area (Å²) in [7, 11) is 0. The van der Waals surface area contributed by atoms with Gasteiger partial charge in [0.1, 0.15) is 17.3 Å². The third-order valence-corrected chi connectivity index (χ3v) is 4.38. The molecule has 1 aromatic carbocycles. The number of hydrogen-bond acceptors (Lipinski definition) is 5. The van der Waals surface area contributed by atoms with Crippen molar-refractivity contribution in [3.05, 3.63) is 74.4 Å². The zero-order valence-electron chi connectivity index (χ0n) is 14.7. The van der Waals surface area contributed by atoms with Gasteiger partial charge in [-0.3, -0.25) is 0 Å². The number of benzene rings is 1. The van der Waals surface area contributed by atoms with E-state index < -0.39 is 11.6 Å². The van der Waals surface area contributed by atoms with Crippen molar-refractivity contribution >= 4 is 28.5 Å². The van der Waals surface area contributed by atoms with Gasteiger partial charge in [-0.25, -0.2) is 14.6 Å². The lowest BCUT2D eigenvalue weighted by atomic mass is 9.95. The van der Waals surface area contributed by atoms with Gasteiger partial charge in [-0.1, -0.05) is 25.4 Å². The zero-order chi connectivity index (χ0) is 18.8. The molecule has 26 heavy (non-hydrogen) atoms. The van der Waals surface area contributed by atoms with Gasteiger partial charge in [0.2, 0.25) is 0 Å². The van der Waals surface area contributed by atoms with E-state index in [9.17, 15) is 9.59 Å². The van der Waals surface area contributed by atoms with Gasteiger partial charge in [-0.2, -0.15) is 0 Å². The van der Waals surface area contributed by atoms with Gasteiger partial charge in [0.25, 0.3) is 0 Å². The molecule has 0 fully saturated rings. The molecule has 0 atom stereocenters. The molecule has 2 aromatic heterocycles. The van der Waals surface area contributed by atoms with Crippen molar-refractivity contribution < 1.29 is 13.9 Å². The Morgan fingerprint density at radius 1 is 1.27 bits per heavy atom. The van der Waals surface area contributed by atoms with Crippen LogP contribution in [0, 0.1) is 6.92 Å². The first kappa shape index (κ1) is 18.1. The lowest BCUT2D eigenvalue weighted by Gasteiger charge is -2.13. The minimum absolute atomic E-state index is 0.0375. The summed E-state index contributed by atoms with van der Waals surface area (Å²) in [6, 6.07) is 8.25. The Morgan fingerprint density at radius 3 is 2.69 bits per heavy atom. The van der Waals surface area contributed by atoms with E-state index in [0.717, 1.165) is 16.5 Å². The van der Waals surface area contributed by atoms with Crippen LogP contribution in [0.4, 0.5) is 0 Å². The molecule has 134 valence electrons. The molecule has 0 N–H and O–H groups in total. The number of carbonyl (C=O) groups is 1. The Labute approximate surface area is 155 Å². The summed E-state index contributed by atoms with van der Waals surface area (Å²) in [6.07, 6.45) is 1.35. The number of aryl methyl sites for hydroxylation is 1. The van der Waals surface area contributed by atoms with E-state index in [1.54, 1.807) is 0 Å². The highest BCUT2D eigenvalue weighted by Crippen LogP contribution is 2.27. The maximum Gasteiger partial charge on any atom is 0.340 e. The molecular weight excluding hydrogens is 354 g/mol. The molecule has 0 aliphatic rings.